The van der Waals surface area contributed by atoms with E-state index in [1.165, 1.54) is 23.6 Å². The number of halogens is 4. The summed E-state index contributed by atoms with van der Waals surface area (Å²) in [5.74, 6) is -3.92. The number of urea groups is 1. The van der Waals surface area contributed by atoms with Crippen molar-refractivity contribution < 1.29 is 32.3 Å². The average Bonchev–Trinajstić information content (AvgIpc) is 2.61. The van der Waals surface area contributed by atoms with E-state index in [1.54, 1.807) is 0 Å². The summed E-state index contributed by atoms with van der Waals surface area (Å²) in [6.07, 6.45) is -2.98. The maximum Gasteiger partial charge on any atom is 0.437 e. The Hall–Kier alpha value is -3.01. The second kappa shape index (κ2) is 6.62. The zero-order valence-electron chi connectivity index (χ0n) is 13.5. The molecule has 2 heterocycles. The van der Waals surface area contributed by atoms with Crippen LogP contribution in [0.15, 0.2) is 48.8 Å². The van der Waals surface area contributed by atoms with Crippen LogP contribution in [-0.2, 0) is 0 Å². The third-order valence-electron chi connectivity index (χ3n) is 4.26. The molecule has 0 spiro atoms. The lowest BCUT2D eigenvalue weighted by Gasteiger charge is -2.45. The van der Waals surface area contributed by atoms with Gasteiger partial charge >= 0.3 is 12.2 Å². The Labute approximate surface area is 150 Å². The van der Waals surface area contributed by atoms with Crippen LogP contribution >= 0.6 is 0 Å². The van der Waals surface area contributed by atoms with Crippen LogP contribution in [0.3, 0.4) is 0 Å². The van der Waals surface area contributed by atoms with Gasteiger partial charge in [-0.2, -0.15) is 13.2 Å². The molecule has 1 aliphatic heterocycles. The van der Waals surface area contributed by atoms with Crippen molar-refractivity contribution in [2.45, 2.75) is 17.9 Å². The maximum atomic E-state index is 13.7. The Morgan fingerprint density at radius 2 is 1.85 bits per heavy atom. The number of hydrogen-bond donors (Lipinski definition) is 3. The lowest BCUT2D eigenvalue weighted by atomic mass is 9.77. The molecule has 1 aromatic carbocycles. The summed E-state index contributed by atoms with van der Waals surface area (Å²) in [6, 6.07) is 3.92. The lowest BCUT2D eigenvalue weighted by Crippen LogP contribution is -2.72. The van der Waals surface area contributed by atoms with Crippen LogP contribution in [0.25, 0.3) is 0 Å². The van der Waals surface area contributed by atoms with Crippen LogP contribution in [-0.4, -0.2) is 33.8 Å². The fourth-order valence-corrected chi connectivity index (χ4v) is 2.97. The molecular formula is C17H13F4N3O3. The summed E-state index contributed by atoms with van der Waals surface area (Å²) in [7, 11) is 0. The Kier molecular flexibility index (Phi) is 4.60. The van der Waals surface area contributed by atoms with Gasteiger partial charge in [0.1, 0.15) is 11.7 Å². The molecule has 3 N–H and O–H groups in total. The van der Waals surface area contributed by atoms with Crippen molar-refractivity contribution in [2.75, 3.05) is 0 Å². The second-order valence-corrected chi connectivity index (χ2v) is 5.98. The van der Waals surface area contributed by atoms with E-state index in [2.05, 4.69) is 10.3 Å². The highest BCUT2D eigenvalue weighted by molar-refractivity contribution is 6.00. The molecular weight excluding hydrogens is 370 g/mol. The summed E-state index contributed by atoms with van der Waals surface area (Å²) in [5, 5.41) is 14.0. The quantitative estimate of drug-likeness (QED) is 0.561. The van der Waals surface area contributed by atoms with Crippen LogP contribution in [0, 0.1) is 11.7 Å². The van der Waals surface area contributed by atoms with Crippen LogP contribution in [0.1, 0.15) is 22.0 Å². The van der Waals surface area contributed by atoms with Gasteiger partial charge < -0.3 is 15.7 Å². The SMILES string of the molecule is O=C1N[C@H](c2ccc(F)cc2)[C@H](C(=O)c2cccnc2)[C@](O)(C(F)(F)F)N1. The van der Waals surface area contributed by atoms with Gasteiger partial charge in [0, 0.05) is 18.0 Å². The summed E-state index contributed by atoms with van der Waals surface area (Å²) >= 11 is 0. The van der Waals surface area contributed by atoms with Crippen molar-refractivity contribution >= 4 is 11.8 Å². The zero-order chi connectivity index (χ0) is 19.8. The Balaban J connectivity index is 2.15. The molecule has 3 atom stereocenters. The number of rotatable bonds is 3. The number of amides is 2. The molecule has 6 nitrogen and oxygen atoms in total. The van der Waals surface area contributed by atoms with Crippen molar-refractivity contribution in [3.05, 3.63) is 65.7 Å². The highest BCUT2D eigenvalue weighted by Crippen LogP contribution is 2.43. The minimum Gasteiger partial charge on any atom is -0.363 e. The molecule has 10 heteroatoms. The highest BCUT2D eigenvalue weighted by Gasteiger charge is 2.66. The fourth-order valence-electron chi connectivity index (χ4n) is 2.97. The Morgan fingerprint density at radius 1 is 1.19 bits per heavy atom. The van der Waals surface area contributed by atoms with Crippen molar-refractivity contribution in [3.63, 3.8) is 0 Å². The van der Waals surface area contributed by atoms with Gasteiger partial charge in [-0.05, 0) is 29.8 Å². The topological polar surface area (TPSA) is 91.3 Å². The first-order valence-corrected chi connectivity index (χ1v) is 7.71. The predicted molar refractivity (Wildman–Crippen MR) is 83.9 cm³/mol. The number of ketones is 1. The number of pyridine rings is 1. The summed E-state index contributed by atoms with van der Waals surface area (Å²) in [6.45, 7) is 0. The van der Waals surface area contributed by atoms with E-state index in [4.69, 9.17) is 0 Å². The van der Waals surface area contributed by atoms with Crippen molar-refractivity contribution in [1.82, 2.24) is 15.6 Å². The molecule has 1 aliphatic rings. The summed E-state index contributed by atoms with van der Waals surface area (Å²) in [4.78, 5) is 28.3. The molecule has 1 saturated heterocycles. The molecule has 27 heavy (non-hydrogen) atoms. The Bertz CT molecular complexity index is 858. The van der Waals surface area contributed by atoms with Crippen molar-refractivity contribution in [2.24, 2.45) is 5.92 Å². The molecule has 2 aromatic rings. The van der Waals surface area contributed by atoms with Gasteiger partial charge in [0.15, 0.2) is 5.78 Å². The molecule has 1 fully saturated rings. The van der Waals surface area contributed by atoms with E-state index in [9.17, 15) is 32.3 Å². The minimum absolute atomic E-state index is 0.0242. The molecule has 0 aliphatic carbocycles. The van der Waals surface area contributed by atoms with E-state index in [0.29, 0.717) is 0 Å². The minimum atomic E-state index is -5.36. The molecule has 0 saturated carbocycles. The molecule has 0 radical (unpaired) electrons. The number of nitrogens with zero attached hydrogens (tertiary/aromatic N) is 1. The molecule has 0 bridgehead atoms. The second-order valence-electron chi connectivity index (χ2n) is 5.98. The first-order chi connectivity index (χ1) is 12.6. The average molecular weight is 383 g/mol. The normalized spacial score (nSPS) is 25.4. The van der Waals surface area contributed by atoms with Crippen molar-refractivity contribution in [1.29, 1.82) is 0 Å². The Morgan fingerprint density at radius 3 is 2.41 bits per heavy atom. The van der Waals surface area contributed by atoms with Crippen LogP contribution < -0.4 is 10.6 Å². The predicted octanol–water partition coefficient (Wildman–Crippen LogP) is 2.32. The van der Waals surface area contributed by atoms with Gasteiger partial charge in [-0.15, -0.1) is 0 Å². The van der Waals surface area contributed by atoms with E-state index in [-0.39, 0.29) is 11.1 Å². The van der Waals surface area contributed by atoms with E-state index in [0.717, 1.165) is 30.5 Å². The third kappa shape index (κ3) is 3.35. The molecule has 2 amide bonds. The highest BCUT2D eigenvalue weighted by atomic mass is 19.4. The number of carbonyl (C=O) groups is 2. The van der Waals surface area contributed by atoms with Gasteiger partial charge in [-0.1, -0.05) is 12.1 Å². The molecule has 0 unspecified atom stereocenters. The number of aliphatic hydroxyl groups is 1. The van der Waals surface area contributed by atoms with Crippen LogP contribution in [0.4, 0.5) is 22.4 Å². The van der Waals surface area contributed by atoms with Crippen LogP contribution in [0.2, 0.25) is 0 Å². The molecule has 1 aromatic heterocycles. The first kappa shape index (κ1) is 18.8. The number of carbonyl (C=O) groups excluding carboxylic acids is 2. The number of nitrogens with one attached hydrogen (secondary N) is 2. The maximum absolute atomic E-state index is 13.7. The van der Waals surface area contributed by atoms with E-state index < -0.39 is 41.5 Å². The van der Waals surface area contributed by atoms with Gasteiger partial charge in [0.05, 0.1) is 6.04 Å². The van der Waals surface area contributed by atoms with E-state index >= 15 is 0 Å². The number of Topliss-reactive ketones (excluding diaryl/α,β-unsaturated/α-hetero) is 1. The van der Waals surface area contributed by atoms with Crippen LogP contribution in [0.5, 0.6) is 0 Å². The van der Waals surface area contributed by atoms with E-state index in [1.807, 2.05) is 0 Å². The molecule has 142 valence electrons. The number of benzene rings is 1. The lowest BCUT2D eigenvalue weighted by molar-refractivity contribution is -0.287. The van der Waals surface area contributed by atoms with Gasteiger partial charge in [0.2, 0.25) is 5.72 Å². The first-order valence-electron chi connectivity index (χ1n) is 7.71. The standard InChI is InChI=1S/C17H13F4N3O3/c18-11-5-3-9(4-6-11)13-12(14(25)10-2-1-7-22-8-10)16(27,17(19,20)21)24-15(26)23-13/h1-8,12-13,27H,(H2,23,24,26)/t12-,13-,16+/m1/s1. The monoisotopic (exact) mass is 383 g/mol. The summed E-state index contributed by atoms with van der Waals surface area (Å²) in [5.41, 5.74) is -3.99. The number of aromatic nitrogens is 1. The smallest absolute Gasteiger partial charge is 0.363 e. The van der Waals surface area contributed by atoms with Gasteiger partial charge in [0.25, 0.3) is 0 Å². The van der Waals surface area contributed by atoms with Crippen molar-refractivity contribution in [3.8, 4) is 0 Å². The largest absolute Gasteiger partial charge is 0.437 e. The fraction of sp³-hybridized carbons (Fsp3) is 0.235. The summed E-state index contributed by atoms with van der Waals surface area (Å²) < 4.78 is 54.2. The molecule has 3 rings (SSSR count). The number of hydrogen-bond acceptors (Lipinski definition) is 4. The number of alkyl halides is 3. The van der Waals surface area contributed by atoms with Gasteiger partial charge in [-0.3, -0.25) is 9.78 Å². The zero-order valence-corrected chi connectivity index (χ0v) is 13.5. The van der Waals surface area contributed by atoms with Gasteiger partial charge in [-0.25, -0.2) is 9.18 Å². The third-order valence-corrected chi connectivity index (χ3v) is 4.26.